The van der Waals surface area contributed by atoms with E-state index in [1.807, 2.05) is 83.8 Å². The fraction of sp³-hybridized carbons (Fsp3) is 0. The Morgan fingerprint density at radius 2 is 1.42 bits per heavy atom. The second-order valence-corrected chi connectivity index (χ2v) is 7.58. The third-order valence-corrected chi connectivity index (χ3v) is 4.85. The van der Waals surface area contributed by atoms with Gasteiger partial charge in [0.1, 0.15) is 6.34 Å². The fourth-order valence-corrected chi connectivity index (χ4v) is 2.99. The molecule has 130 valence electrons. The summed E-state index contributed by atoms with van der Waals surface area (Å²) in [5.74, 6) is 0. The minimum atomic E-state index is 0.541. The molecule has 0 aliphatic heterocycles. The summed E-state index contributed by atoms with van der Waals surface area (Å²) in [6.45, 7) is 0. The number of rotatable bonds is 4. The van der Waals surface area contributed by atoms with Gasteiger partial charge in [-0.15, -0.1) is 0 Å². The molecule has 1 N–H and O–H groups in total. The second-order valence-electron chi connectivity index (χ2n) is 5.36. The van der Waals surface area contributed by atoms with Gasteiger partial charge in [-0.3, -0.25) is 4.90 Å². The number of para-hydroxylation sites is 1. The monoisotopic (exact) mass is 487 g/mol. The Morgan fingerprint density at radius 1 is 0.846 bits per heavy atom. The Labute approximate surface area is 175 Å². The number of nitrogens with one attached hydrogen (secondary N) is 1. The van der Waals surface area contributed by atoms with Crippen LogP contribution in [-0.4, -0.2) is 11.5 Å². The van der Waals surface area contributed by atoms with Crippen molar-refractivity contribution in [3.63, 3.8) is 0 Å². The molecule has 0 aliphatic carbocycles. The van der Waals surface area contributed by atoms with Crippen molar-refractivity contribution >= 4 is 72.6 Å². The van der Waals surface area contributed by atoms with Crippen LogP contribution in [0.3, 0.4) is 0 Å². The van der Waals surface area contributed by atoms with Crippen molar-refractivity contribution in [2.75, 3.05) is 10.2 Å². The van der Waals surface area contributed by atoms with E-state index in [1.54, 1.807) is 6.34 Å². The average molecular weight is 489 g/mol. The molecule has 0 fully saturated rings. The highest BCUT2D eigenvalue weighted by atomic mass is 79.9. The van der Waals surface area contributed by atoms with Crippen molar-refractivity contribution in [3.8, 4) is 0 Å². The zero-order valence-corrected chi connectivity index (χ0v) is 17.6. The van der Waals surface area contributed by atoms with E-state index < -0.39 is 0 Å². The molecule has 3 aromatic carbocycles. The van der Waals surface area contributed by atoms with E-state index in [0.717, 1.165) is 26.0 Å². The maximum absolute atomic E-state index is 5.61. The molecule has 0 saturated heterocycles. The molecule has 0 aromatic heterocycles. The van der Waals surface area contributed by atoms with Gasteiger partial charge in [0, 0.05) is 20.3 Å². The highest BCUT2D eigenvalue weighted by molar-refractivity contribution is 9.10. The van der Waals surface area contributed by atoms with Crippen molar-refractivity contribution in [1.82, 2.24) is 0 Å². The molecular weight excluding hydrogens is 474 g/mol. The molecule has 0 saturated carbocycles. The first kappa shape index (κ1) is 18.8. The number of halogens is 2. The molecule has 0 unspecified atom stereocenters. The highest BCUT2D eigenvalue weighted by Crippen LogP contribution is 2.21. The van der Waals surface area contributed by atoms with Crippen molar-refractivity contribution in [2.24, 2.45) is 4.99 Å². The zero-order valence-electron chi connectivity index (χ0n) is 13.6. The van der Waals surface area contributed by atoms with Crippen LogP contribution >= 0.6 is 44.1 Å². The van der Waals surface area contributed by atoms with Gasteiger partial charge in [-0.05, 0) is 72.9 Å². The number of thiocarbonyl (C=S) groups is 1. The third kappa shape index (κ3) is 5.24. The maximum atomic E-state index is 5.61. The van der Waals surface area contributed by atoms with Crippen LogP contribution in [0.4, 0.5) is 17.1 Å². The summed E-state index contributed by atoms with van der Waals surface area (Å²) in [5.41, 5.74) is 2.69. The van der Waals surface area contributed by atoms with E-state index in [0.29, 0.717) is 5.11 Å². The van der Waals surface area contributed by atoms with Crippen LogP contribution in [0.2, 0.25) is 0 Å². The van der Waals surface area contributed by atoms with Crippen LogP contribution in [-0.2, 0) is 0 Å². The van der Waals surface area contributed by atoms with Gasteiger partial charge >= 0.3 is 0 Å². The summed E-state index contributed by atoms with van der Waals surface area (Å²) < 4.78 is 2.02. The quantitative estimate of drug-likeness (QED) is 0.249. The van der Waals surface area contributed by atoms with Crippen LogP contribution in [0.5, 0.6) is 0 Å². The van der Waals surface area contributed by atoms with Gasteiger partial charge in [0.2, 0.25) is 0 Å². The van der Waals surface area contributed by atoms with Crippen LogP contribution in [0.25, 0.3) is 0 Å². The minimum absolute atomic E-state index is 0.541. The third-order valence-electron chi connectivity index (χ3n) is 3.50. The van der Waals surface area contributed by atoms with Gasteiger partial charge in [0.15, 0.2) is 5.11 Å². The summed E-state index contributed by atoms with van der Waals surface area (Å²) in [7, 11) is 0. The molecule has 0 radical (unpaired) electrons. The summed E-state index contributed by atoms with van der Waals surface area (Å²) >= 11 is 12.5. The molecule has 6 heteroatoms. The molecule has 26 heavy (non-hydrogen) atoms. The molecule has 0 spiro atoms. The number of hydrogen-bond acceptors (Lipinski definition) is 2. The lowest BCUT2D eigenvalue weighted by atomic mass is 10.3. The number of nitrogens with zero attached hydrogens (tertiary/aromatic N) is 2. The molecule has 0 atom stereocenters. The first-order valence-corrected chi connectivity index (χ1v) is 9.82. The molecule has 0 amide bonds. The summed E-state index contributed by atoms with van der Waals surface area (Å²) in [5, 5.41) is 3.79. The average Bonchev–Trinajstić information content (AvgIpc) is 2.65. The molecule has 3 rings (SSSR count). The predicted octanol–water partition coefficient (Wildman–Crippen LogP) is 6.78. The Morgan fingerprint density at radius 3 is 2.04 bits per heavy atom. The zero-order chi connectivity index (χ0) is 18.4. The maximum Gasteiger partial charge on any atom is 0.183 e. The van der Waals surface area contributed by atoms with Crippen molar-refractivity contribution in [1.29, 1.82) is 0 Å². The molecule has 0 aliphatic rings. The van der Waals surface area contributed by atoms with Gasteiger partial charge in [0.25, 0.3) is 0 Å². The van der Waals surface area contributed by atoms with E-state index in [2.05, 4.69) is 42.2 Å². The number of aliphatic imine (C=N–C) groups is 1. The summed E-state index contributed by atoms with van der Waals surface area (Å²) in [6, 6.07) is 25.5. The number of benzene rings is 3. The lowest BCUT2D eigenvalue weighted by Crippen LogP contribution is -2.33. The highest BCUT2D eigenvalue weighted by Gasteiger charge is 2.10. The lowest BCUT2D eigenvalue weighted by Gasteiger charge is -2.21. The predicted molar refractivity (Wildman–Crippen MR) is 122 cm³/mol. The van der Waals surface area contributed by atoms with Gasteiger partial charge < -0.3 is 5.32 Å². The first-order valence-electron chi connectivity index (χ1n) is 7.82. The van der Waals surface area contributed by atoms with E-state index in [-0.39, 0.29) is 0 Å². The lowest BCUT2D eigenvalue weighted by molar-refractivity contribution is 1.41. The Bertz CT molecular complexity index is 895. The van der Waals surface area contributed by atoms with Gasteiger partial charge in [-0.2, -0.15) is 0 Å². The Balaban J connectivity index is 1.87. The van der Waals surface area contributed by atoms with Gasteiger partial charge in [-0.25, -0.2) is 4.99 Å². The SMILES string of the molecule is S=C(Nc1ccccc1)N(C=Nc1ccc(Br)cc1)c1ccc(Br)cc1. The second kappa shape index (κ2) is 9.07. The first-order chi connectivity index (χ1) is 12.6. The van der Waals surface area contributed by atoms with Gasteiger partial charge in [-0.1, -0.05) is 50.1 Å². The van der Waals surface area contributed by atoms with Crippen molar-refractivity contribution in [3.05, 3.63) is 87.8 Å². The van der Waals surface area contributed by atoms with E-state index in [9.17, 15) is 0 Å². The van der Waals surface area contributed by atoms with Crippen molar-refractivity contribution in [2.45, 2.75) is 0 Å². The molecule has 0 bridgehead atoms. The normalized spacial score (nSPS) is 10.7. The van der Waals surface area contributed by atoms with Gasteiger partial charge in [0.05, 0.1) is 5.69 Å². The number of hydrogen-bond donors (Lipinski definition) is 1. The largest absolute Gasteiger partial charge is 0.332 e. The molecule has 3 aromatic rings. The Kier molecular flexibility index (Phi) is 6.55. The minimum Gasteiger partial charge on any atom is -0.332 e. The van der Waals surface area contributed by atoms with E-state index in [1.165, 1.54) is 0 Å². The van der Waals surface area contributed by atoms with E-state index >= 15 is 0 Å². The topological polar surface area (TPSA) is 27.6 Å². The standard InChI is InChI=1S/C20H15Br2N3S/c21-15-6-10-17(11-7-15)23-14-25(19-12-8-16(22)9-13-19)20(26)24-18-4-2-1-3-5-18/h1-14H,(H,24,26). The van der Waals surface area contributed by atoms with Crippen LogP contribution in [0.15, 0.2) is 92.8 Å². The fourth-order valence-electron chi connectivity index (χ4n) is 2.19. The smallest absolute Gasteiger partial charge is 0.183 e. The van der Waals surface area contributed by atoms with Crippen LogP contribution < -0.4 is 10.2 Å². The summed E-state index contributed by atoms with van der Waals surface area (Å²) in [4.78, 5) is 6.39. The number of anilines is 2. The van der Waals surface area contributed by atoms with E-state index in [4.69, 9.17) is 12.2 Å². The Hall–Kier alpha value is -2.02. The summed E-state index contributed by atoms with van der Waals surface area (Å²) in [6.07, 6.45) is 1.73. The molecular formula is C20H15Br2N3S. The van der Waals surface area contributed by atoms with Crippen LogP contribution in [0.1, 0.15) is 0 Å². The molecule has 3 nitrogen and oxygen atoms in total. The van der Waals surface area contributed by atoms with Crippen LogP contribution in [0, 0.1) is 0 Å². The van der Waals surface area contributed by atoms with Crippen molar-refractivity contribution < 1.29 is 0 Å². The molecule has 0 heterocycles.